The van der Waals surface area contributed by atoms with Crippen molar-refractivity contribution >= 4 is 11.6 Å². The smallest absolute Gasteiger partial charge is 0.368 e. The second-order valence-electron chi connectivity index (χ2n) is 6.65. The summed E-state index contributed by atoms with van der Waals surface area (Å²) in [4.78, 5) is 11.7. The van der Waals surface area contributed by atoms with E-state index in [1.54, 1.807) is 24.4 Å². The number of alkyl halides is 3. The van der Waals surface area contributed by atoms with E-state index >= 15 is 0 Å². The van der Waals surface area contributed by atoms with Crippen molar-refractivity contribution in [1.82, 2.24) is 9.97 Å². The Morgan fingerprint density at radius 2 is 1.57 bits per heavy atom. The first kappa shape index (κ1) is 18.3. The molecular weight excluding hydrogens is 372 g/mol. The molecule has 4 nitrogen and oxygen atoms in total. The summed E-state index contributed by atoms with van der Waals surface area (Å²) in [5.41, 5.74) is 1.26. The number of hydrogen-bond donors (Lipinski definition) is 1. The Bertz CT molecular complexity index is 941. The van der Waals surface area contributed by atoms with Crippen LogP contribution in [0.1, 0.15) is 5.56 Å². The summed E-state index contributed by atoms with van der Waals surface area (Å²) >= 11 is 0. The molecule has 1 N–H and O–H groups in total. The quantitative estimate of drug-likeness (QED) is 0.666. The van der Waals surface area contributed by atoms with Crippen molar-refractivity contribution in [2.24, 2.45) is 0 Å². The number of benzene rings is 2. The van der Waals surface area contributed by atoms with E-state index in [-0.39, 0.29) is 5.82 Å². The van der Waals surface area contributed by atoms with Gasteiger partial charge in [0.15, 0.2) is 0 Å². The molecule has 0 saturated carbocycles. The molecule has 0 bridgehead atoms. The van der Waals surface area contributed by atoms with Crippen LogP contribution in [0.4, 0.5) is 29.2 Å². The fourth-order valence-electron chi connectivity index (χ4n) is 3.31. The summed E-state index contributed by atoms with van der Waals surface area (Å²) in [6.45, 7) is 2.89. The molecule has 2 heterocycles. The first-order chi connectivity index (χ1) is 13.4. The van der Waals surface area contributed by atoms with Gasteiger partial charge in [0.25, 0.3) is 0 Å². The molecule has 1 saturated heterocycles. The highest BCUT2D eigenvalue weighted by Crippen LogP contribution is 2.32. The number of aromatic amines is 1. The maximum atomic E-state index is 13.1. The number of nitrogens with one attached hydrogen (secondary N) is 1. The molecule has 28 heavy (non-hydrogen) atoms. The minimum absolute atomic E-state index is 0.264. The van der Waals surface area contributed by atoms with Crippen LogP contribution in [0.25, 0.3) is 11.3 Å². The third-order valence-corrected chi connectivity index (χ3v) is 4.83. The highest BCUT2D eigenvalue weighted by Gasteiger charge is 2.30. The zero-order valence-electron chi connectivity index (χ0n) is 14.9. The lowest BCUT2D eigenvalue weighted by atomic mass is 10.1. The van der Waals surface area contributed by atoms with E-state index in [1.165, 1.54) is 18.2 Å². The second-order valence-corrected chi connectivity index (χ2v) is 6.65. The molecule has 2 aromatic carbocycles. The van der Waals surface area contributed by atoms with E-state index in [1.807, 2.05) is 0 Å². The number of hydrogen-bond acceptors (Lipinski definition) is 3. The molecule has 0 radical (unpaired) electrons. The molecule has 0 aliphatic carbocycles. The van der Waals surface area contributed by atoms with Gasteiger partial charge in [-0.2, -0.15) is 13.2 Å². The minimum Gasteiger partial charge on any atom is -0.368 e. The molecule has 0 spiro atoms. The van der Waals surface area contributed by atoms with E-state index in [0.717, 1.165) is 30.9 Å². The Morgan fingerprint density at radius 3 is 2.25 bits per heavy atom. The molecule has 1 aliphatic heterocycles. The monoisotopic (exact) mass is 390 g/mol. The molecule has 0 atom stereocenters. The molecule has 0 unspecified atom stereocenters. The second kappa shape index (κ2) is 7.18. The van der Waals surface area contributed by atoms with Gasteiger partial charge in [0.05, 0.1) is 17.5 Å². The van der Waals surface area contributed by atoms with Crippen LogP contribution in [-0.4, -0.2) is 36.1 Å². The van der Waals surface area contributed by atoms with Crippen LogP contribution < -0.4 is 9.80 Å². The summed E-state index contributed by atoms with van der Waals surface area (Å²) < 4.78 is 51.8. The fraction of sp³-hybridized carbons (Fsp3) is 0.250. The van der Waals surface area contributed by atoms with Crippen LogP contribution in [0.2, 0.25) is 0 Å². The number of piperazine rings is 1. The largest absolute Gasteiger partial charge is 0.416 e. The maximum absolute atomic E-state index is 13.1. The molecule has 1 aromatic heterocycles. The highest BCUT2D eigenvalue weighted by molar-refractivity contribution is 5.62. The Hall–Kier alpha value is -3.03. The van der Waals surface area contributed by atoms with Gasteiger partial charge in [-0.3, -0.25) is 0 Å². The predicted octanol–water partition coefficient (Wildman–Crippen LogP) is 4.56. The molecule has 1 fully saturated rings. The number of anilines is 2. The SMILES string of the molecule is Fc1ccc(N2CCN(c3ncc(-c4cccc(C(F)(F)F)c4)[nH]3)CC2)cc1. The Labute approximate surface area is 159 Å². The van der Waals surface area contributed by atoms with E-state index in [2.05, 4.69) is 19.8 Å². The number of imidazole rings is 1. The lowest BCUT2D eigenvalue weighted by molar-refractivity contribution is -0.137. The summed E-state index contributed by atoms with van der Waals surface area (Å²) in [7, 11) is 0. The van der Waals surface area contributed by atoms with Gasteiger partial charge in [0.1, 0.15) is 5.82 Å². The first-order valence-electron chi connectivity index (χ1n) is 8.88. The van der Waals surface area contributed by atoms with Gasteiger partial charge < -0.3 is 14.8 Å². The highest BCUT2D eigenvalue weighted by atomic mass is 19.4. The van der Waals surface area contributed by atoms with Crippen LogP contribution in [-0.2, 0) is 6.18 Å². The normalized spacial score (nSPS) is 15.1. The van der Waals surface area contributed by atoms with Crippen LogP contribution in [0.3, 0.4) is 0 Å². The molecule has 0 amide bonds. The van der Waals surface area contributed by atoms with Gasteiger partial charge in [0, 0.05) is 37.4 Å². The Kier molecular flexibility index (Phi) is 4.70. The summed E-state index contributed by atoms with van der Waals surface area (Å²) in [5.74, 6) is 0.367. The average Bonchev–Trinajstić information content (AvgIpc) is 3.18. The number of H-pyrrole nitrogens is 1. The van der Waals surface area contributed by atoms with E-state index in [4.69, 9.17) is 0 Å². The lowest BCUT2D eigenvalue weighted by Crippen LogP contribution is -2.46. The topological polar surface area (TPSA) is 35.2 Å². The van der Waals surface area contributed by atoms with Gasteiger partial charge in [-0.1, -0.05) is 12.1 Å². The van der Waals surface area contributed by atoms with Crippen molar-refractivity contribution < 1.29 is 17.6 Å². The van der Waals surface area contributed by atoms with Crippen molar-refractivity contribution in [2.45, 2.75) is 6.18 Å². The number of halogens is 4. The van der Waals surface area contributed by atoms with Crippen molar-refractivity contribution in [2.75, 3.05) is 36.0 Å². The number of aromatic nitrogens is 2. The third kappa shape index (κ3) is 3.81. The van der Waals surface area contributed by atoms with Crippen molar-refractivity contribution in [3.05, 3.63) is 66.1 Å². The molecule has 8 heteroatoms. The van der Waals surface area contributed by atoms with Gasteiger partial charge in [0.2, 0.25) is 5.95 Å². The maximum Gasteiger partial charge on any atom is 0.416 e. The van der Waals surface area contributed by atoms with Crippen molar-refractivity contribution in [3.63, 3.8) is 0 Å². The zero-order chi connectivity index (χ0) is 19.7. The minimum atomic E-state index is -4.38. The van der Waals surface area contributed by atoms with Crippen LogP contribution in [0.5, 0.6) is 0 Å². The fourth-order valence-corrected chi connectivity index (χ4v) is 3.31. The molecule has 3 aromatic rings. The molecule has 4 rings (SSSR count). The standard InChI is InChI=1S/C20H18F4N4/c21-16-4-6-17(7-5-16)27-8-10-28(11-9-27)19-25-13-18(26-19)14-2-1-3-15(12-14)20(22,23)24/h1-7,12-13H,8-11H2,(H,25,26). The van der Waals surface area contributed by atoms with E-state index in [0.29, 0.717) is 30.3 Å². The molecule has 146 valence electrons. The average molecular weight is 390 g/mol. The number of rotatable bonds is 3. The predicted molar refractivity (Wildman–Crippen MR) is 99.9 cm³/mol. The van der Waals surface area contributed by atoms with Gasteiger partial charge in [-0.25, -0.2) is 9.37 Å². The first-order valence-corrected chi connectivity index (χ1v) is 8.88. The Balaban J connectivity index is 1.45. The van der Waals surface area contributed by atoms with E-state index < -0.39 is 11.7 Å². The molecular formula is C20H18F4N4. The van der Waals surface area contributed by atoms with Gasteiger partial charge in [-0.15, -0.1) is 0 Å². The zero-order valence-corrected chi connectivity index (χ0v) is 14.9. The van der Waals surface area contributed by atoms with Crippen LogP contribution >= 0.6 is 0 Å². The number of nitrogens with zero attached hydrogens (tertiary/aromatic N) is 3. The summed E-state index contributed by atoms with van der Waals surface area (Å²) in [6, 6.07) is 11.6. The summed E-state index contributed by atoms with van der Waals surface area (Å²) in [5, 5.41) is 0. The van der Waals surface area contributed by atoms with Crippen LogP contribution in [0.15, 0.2) is 54.7 Å². The van der Waals surface area contributed by atoms with Gasteiger partial charge >= 0.3 is 6.18 Å². The van der Waals surface area contributed by atoms with Crippen molar-refractivity contribution in [3.8, 4) is 11.3 Å². The van der Waals surface area contributed by atoms with Crippen LogP contribution in [0, 0.1) is 5.82 Å². The van der Waals surface area contributed by atoms with Gasteiger partial charge in [-0.05, 0) is 36.4 Å². The Morgan fingerprint density at radius 1 is 0.893 bits per heavy atom. The molecule has 1 aliphatic rings. The lowest BCUT2D eigenvalue weighted by Gasteiger charge is -2.36. The summed E-state index contributed by atoms with van der Waals surface area (Å²) in [6.07, 6.45) is -2.83. The van der Waals surface area contributed by atoms with Crippen molar-refractivity contribution in [1.29, 1.82) is 0 Å². The third-order valence-electron chi connectivity index (χ3n) is 4.83. The van der Waals surface area contributed by atoms with E-state index in [9.17, 15) is 17.6 Å².